The molecule has 0 bridgehead atoms. The van der Waals surface area contributed by atoms with Gasteiger partial charge in [0.2, 0.25) is 0 Å². The van der Waals surface area contributed by atoms with Crippen LogP contribution in [0.15, 0.2) is 42.7 Å². The van der Waals surface area contributed by atoms with E-state index in [0.29, 0.717) is 12.1 Å². The molecule has 1 aromatic heterocycles. The molecule has 1 heterocycles. The fourth-order valence-electron chi connectivity index (χ4n) is 1.52. The van der Waals surface area contributed by atoms with Gasteiger partial charge in [0.25, 0.3) is 0 Å². The first-order valence-corrected chi connectivity index (χ1v) is 4.68. The van der Waals surface area contributed by atoms with Crippen molar-refractivity contribution >= 4 is 5.69 Å². The average Bonchev–Trinajstić information content (AvgIpc) is 2.17. The first-order chi connectivity index (χ1) is 7.24. The minimum Gasteiger partial charge on any atom is -0.399 e. The second-order valence-electron chi connectivity index (χ2n) is 3.43. The van der Waals surface area contributed by atoms with Gasteiger partial charge in [-0.05, 0) is 41.8 Å². The van der Waals surface area contributed by atoms with E-state index in [0.717, 1.165) is 11.1 Å². The van der Waals surface area contributed by atoms with Crippen molar-refractivity contribution in [2.45, 2.75) is 6.42 Å². The summed E-state index contributed by atoms with van der Waals surface area (Å²) in [5.41, 5.74) is 7.92. The highest BCUT2D eigenvalue weighted by Gasteiger charge is 2.00. The first-order valence-electron chi connectivity index (χ1n) is 4.68. The lowest BCUT2D eigenvalue weighted by molar-refractivity contribution is 0.626. The van der Waals surface area contributed by atoms with Crippen LogP contribution in [0.4, 0.5) is 10.1 Å². The van der Waals surface area contributed by atoms with Crippen molar-refractivity contribution in [2.24, 2.45) is 0 Å². The molecular formula is C12H11FN2. The number of benzene rings is 1. The zero-order valence-electron chi connectivity index (χ0n) is 8.15. The normalized spacial score (nSPS) is 10.2. The largest absolute Gasteiger partial charge is 0.399 e. The molecular weight excluding hydrogens is 191 g/mol. The number of rotatable bonds is 2. The number of halogens is 1. The molecule has 2 nitrogen and oxygen atoms in total. The van der Waals surface area contributed by atoms with Gasteiger partial charge in [0.1, 0.15) is 5.82 Å². The molecule has 3 heteroatoms. The molecule has 15 heavy (non-hydrogen) atoms. The van der Waals surface area contributed by atoms with Gasteiger partial charge in [-0.15, -0.1) is 0 Å². The third kappa shape index (κ3) is 2.53. The van der Waals surface area contributed by atoms with E-state index in [9.17, 15) is 4.39 Å². The van der Waals surface area contributed by atoms with Gasteiger partial charge in [-0.1, -0.05) is 6.07 Å². The van der Waals surface area contributed by atoms with Gasteiger partial charge >= 0.3 is 0 Å². The molecule has 0 saturated heterocycles. The standard InChI is InChI=1S/C12H11FN2/c13-11-5-10(6-12(14)7-11)4-9-2-1-3-15-8-9/h1-3,5-8H,4,14H2. The van der Waals surface area contributed by atoms with Crippen LogP contribution in [0.5, 0.6) is 0 Å². The number of hydrogen-bond acceptors (Lipinski definition) is 2. The van der Waals surface area contributed by atoms with Crippen molar-refractivity contribution in [1.29, 1.82) is 0 Å². The molecule has 0 aliphatic heterocycles. The summed E-state index contributed by atoms with van der Waals surface area (Å²) in [5.74, 6) is -0.297. The Bertz CT molecular complexity index is 434. The van der Waals surface area contributed by atoms with Gasteiger partial charge in [0, 0.05) is 18.1 Å². The SMILES string of the molecule is Nc1cc(F)cc(Cc2cccnc2)c1. The molecule has 0 aliphatic carbocycles. The topological polar surface area (TPSA) is 38.9 Å². The van der Waals surface area contributed by atoms with E-state index in [2.05, 4.69) is 4.98 Å². The molecule has 1 aromatic carbocycles. The van der Waals surface area contributed by atoms with Crippen molar-refractivity contribution in [1.82, 2.24) is 4.98 Å². The lowest BCUT2D eigenvalue weighted by Crippen LogP contribution is -1.93. The lowest BCUT2D eigenvalue weighted by atomic mass is 10.1. The zero-order valence-corrected chi connectivity index (χ0v) is 8.15. The molecule has 0 atom stereocenters. The molecule has 2 N–H and O–H groups in total. The van der Waals surface area contributed by atoms with Crippen LogP contribution in [0.25, 0.3) is 0 Å². The summed E-state index contributed by atoms with van der Waals surface area (Å²) in [6.07, 6.45) is 4.13. The molecule has 0 spiro atoms. The van der Waals surface area contributed by atoms with Crippen LogP contribution in [-0.4, -0.2) is 4.98 Å². The fourth-order valence-corrected chi connectivity index (χ4v) is 1.52. The Labute approximate surface area is 87.6 Å². The monoisotopic (exact) mass is 202 g/mol. The highest BCUT2D eigenvalue weighted by Crippen LogP contribution is 2.14. The zero-order chi connectivity index (χ0) is 10.7. The molecule has 76 valence electrons. The Kier molecular flexibility index (Phi) is 2.63. The Morgan fingerprint density at radius 3 is 2.73 bits per heavy atom. The average molecular weight is 202 g/mol. The predicted molar refractivity (Wildman–Crippen MR) is 57.9 cm³/mol. The number of hydrogen-bond donors (Lipinski definition) is 1. The number of pyridine rings is 1. The maximum absolute atomic E-state index is 13.0. The number of nitrogens with two attached hydrogens (primary N) is 1. The van der Waals surface area contributed by atoms with Crippen molar-refractivity contribution in [2.75, 3.05) is 5.73 Å². The highest BCUT2D eigenvalue weighted by molar-refractivity contribution is 5.42. The Morgan fingerprint density at radius 1 is 1.20 bits per heavy atom. The molecule has 2 rings (SSSR count). The Balaban J connectivity index is 2.25. The fraction of sp³-hybridized carbons (Fsp3) is 0.0833. The van der Waals surface area contributed by atoms with Gasteiger partial charge in [0.05, 0.1) is 0 Å². The lowest BCUT2D eigenvalue weighted by Gasteiger charge is -2.03. The summed E-state index contributed by atoms with van der Waals surface area (Å²) in [6.45, 7) is 0. The van der Waals surface area contributed by atoms with E-state index in [1.807, 2.05) is 12.1 Å². The van der Waals surface area contributed by atoms with Crippen LogP contribution >= 0.6 is 0 Å². The van der Waals surface area contributed by atoms with E-state index in [4.69, 9.17) is 5.73 Å². The Morgan fingerprint density at radius 2 is 2.07 bits per heavy atom. The molecule has 0 fully saturated rings. The van der Waals surface area contributed by atoms with E-state index < -0.39 is 0 Å². The summed E-state index contributed by atoms with van der Waals surface area (Å²) in [5, 5.41) is 0. The number of anilines is 1. The first kappa shape index (κ1) is 9.65. The minimum atomic E-state index is -0.297. The van der Waals surface area contributed by atoms with Crippen LogP contribution in [0, 0.1) is 5.82 Å². The number of aromatic nitrogens is 1. The van der Waals surface area contributed by atoms with E-state index >= 15 is 0 Å². The van der Waals surface area contributed by atoms with Gasteiger partial charge in [0.15, 0.2) is 0 Å². The van der Waals surface area contributed by atoms with E-state index in [1.165, 1.54) is 12.1 Å². The van der Waals surface area contributed by atoms with Gasteiger partial charge < -0.3 is 5.73 Å². The molecule has 0 saturated carbocycles. The molecule has 0 amide bonds. The van der Waals surface area contributed by atoms with Crippen LogP contribution in [0.2, 0.25) is 0 Å². The second kappa shape index (κ2) is 4.09. The predicted octanol–water partition coefficient (Wildman–Crippen LogP) is 2.39. The Hall–Kier alpha value is -1.90. The minimum absolute atomic E-state index is 0.297. The van der Waals surface area contributed by atoms with Gasteiger partial charge in [-0.25, -0.2) is 4.39 Å². The molecule has 2 aromatic rings. The van der Waals surface area contributed by atoms with E-state index in [-0.39, 0.29) is 5.82 Å². The second-order valence-corrected chi connectivity index (χ2v) is 3.43. The summed E-state index contributed by atoms with van der Waals surface area (Å²) in [7, 11) is 0. The van der Waals surface area contributed by atoms with Crippen molar-refractivity contribution in [3.8, 4) is 0 Å². The van der Waals surface area contributed by atoms with Crippen molar-refractivity contribution < 1.29 is 4.39 Å². The molecule has 0 radical (unpaired) electrons. The summed E-state index contributed by atoms with van der Waals surface area (Å²) < 4.78 is 13.0. The van der Waals surface area contributed by atoms with Crippen molar-refractivity contribution in [3.05, 3.63) is 59.7 Å². The van der Waals surface area contributed by atoms with Crippen LogP contribution in [0.1, 0.15) is 11.1 Å². The summed E-state index contributed by atoms with van der Waals surface area (Å²) >= 11 is 0. The van der Waals surface area contributed by atoms with Crippen molar-refractivity contribution in [3.63, 3.8) is 0 Å². The van der Waals surface area contributed by atoms with Crippen LogP contribution in [0.3, 0.4) is 0 Å². The molecule has 0 aliphatic rings. The van der Waals surface area contributed by atoms with Crippen LogP contribution in [-0.2, 0) is 6.42 Å². The maximum Gasteiger partial charge on any atom is 0.125 e. The quantitative estimate of drug-likeness (QED) is 0.759. The van der Waals surface area contributed by atoms with E-state index in [1.54, 1.807) is 18.5 Å². The van der Waals surface area contributed by atoms with Crippen LogP contribution < -0.4 is 5.73 Å². The van der Waals surface area contributed by atoms with Gasteiger partial charge in [-0.2, -0.15) is 0 Å². The summed E-state index contributed by atoms with van der Waals surface area (Å²) in [4.78, 5) is 4.00. The number of nitrogen functional groups attached to an aromatic ring is 1. The maximum atomic E-state index is 13.0. The smallest absolute Gasteiger partial charge is 0.125 e. The third-order valence-electron chi connectivity index (χ3n) is 2.11. The van der Waals surface area contributed by atoms with Gasteiger partial charge in [-0.3, -0.25) is 4.98 Å². The molecule has 0 unspecified atom stereocenters. The highest BCUT2D eigenvalue weighted by atomic mass is 19.1. The third-order valence-corrected chi connectivity index (χ3v) is 2.11. The number of nitrogens with zero attached hydrogens (tertiary/aromatic N) is 1. The summed E-state index contributed by atoms with van der Waals surface area (Å²) in [6, 6.07) is 8.39.